The molecule has 0 spiro atoms. The van der Waals surface area contributed by atoms with Crippen LogP contribution in [0.15, 0.2) is 17.5 Å². The summed E-state index contributed by atoms with van der Waals surface area (Å²) >= 11 is 6.00. The Kier molecular flexibility index (Phi) is 2.49. The Balaban J connectivity index is 1.68. The van der Waals surface area contributed by atoms with Gasteiger partial charge in [-0.1, -0.05) is 22.0 Å². The average molecular weight is 311 g/mol. The van der Waals surface area contributed by atoms with Crippen LogP contribution >= 0.6 is 27.3 Å². The van der Waals surface area contributed by atoms with Crippen molar-refractivity contribution in [1.82, 2.24) is 0 Å². The van der Waals surface area contributed by atoms with E-state index < -0.39 is 0 Å². The highest BCUT2D eigenvalue weighted by Gasteiger charge is 2.54. The van der Waals surface area contributed by atoms with E-state index >= 15 is 0 Å². The maximum atomic E-state index is 4.06. The first kappa shape index (κ1) is 11.0. The van der Waals surface area contributed by atoms with Crippen molar-refractivity contribution in [2.45, 2.75) is 43.4 Å². The quantitative estimate of drug-likeness (QED) is 0.641. The van der Waals surface area contributed by atoms with E-state index in [9.17, 15) is 0 Å². The van der Waals surface area contributed by atoms with Crippen LogP contribution in [0.2, 0.25) is 0 Å². The summed E-state index contributed by atoms with van der Waals surface area (Å²) in [5.41, 5.74) is 0.611. The van der Waals surface area contributed by atoms with Crippen LogP contribution in [0.4, 0.5) is 0 Å². The third kappa shape index (κ3) is 1.67. The lowest BCUT2D eigenvalue weighted by Gasteiger charge is -2.58. The fraction of sp³-hybridized carbons (Fsp3) is 0.733. The van der Waals surface area contributed by atoms with Gasteiger partial charge in [0.25, 0.3) is 0 Å². The van der Waals surface area contributed by atoms with Crippen LogP contribution in [0.25, 0.3) is 0 Å². The minimum atomic E-state index is 0.611. The molecule has 0 saturated heterocycles. The molecule has 1 unspecified atom stereocenters. The second-order valence-corrected chi connectivity index (χ2v) is 8.55. The summed E-state index contributed by atoms with van der Waals surface area (Å²) in [4.78, 5) is 2.19. The van der Waals surface area contributed by atoms with Crippen molar-refractivity contribution in [1.29, 1.82) is 0 Å². The maximum absolute atomic E-state index is 4.06. The second kappa shape index (κ2) is 3.84. The van der Waals surface area contributed by atoms with E-state index in [0.717, 1.165) is 17.8 Å². The van der Waals surface area contributed by atoms with Gasteiger partial charge in [0, 0.05) is 4.88 Å². The van der Waals surface area contributed by atoms with E-state index in [0.29, 0.717) is 10.2 Å². The molecule has 0 amide bonds. The summed E-state index contributed by atoms with van der Waals surface area (Å²) in [6.07, 6.45) is 9.11. The maximum Gasteiger partial charge on any atom is 0.0545 e. The lowest BCUT2D eigenvalue weighted by atomic mass is 9.49. The Morgan fingerprint density at radius 3 is 2.18 bits per heavy atom. The zero-order chi connectivity index (χ0) is 11.5. The van der Waals surface area contributed by atoms with Gasteiger partial charge in [-0.25, -0.2) is 0 Å². The first-order valence-electron chi connectivity index (χ1n) is 6.93. The van der Waals surface area contributed by atoms with Gasteiger partial charge in [-0.05, 0) is 73.1 Å². The van der Waals surface area contributed by atoms with E-state index in [-0.39, 0.29) is 0 Å². The molecule has 4 aliphatic carbocycles. The molecule has 92 valence electrons. The van der Waals surface area contributed by atoms with E-state index in [1.54, 1.807) is 24.1 Å². The third-order valence-corrected chi connectivity index (χ3v) is 8.12. The standard InChI is InChI=1S/C15H19BrS/c16-14(13-2-1-3-17-13)15-7-10-4-11(8-15)6-12(5-10)9-15/h1-3,10-12,14H,4-9H2. The van der Waals surface area contributed by atoms with E-state index in [1.165, 1.54) is 19.3 Å². The Bertz CT molecular complexity index is 373. The minimum absolute atomic E-state index is 0.611. The van der Waals surface area contributed by atoms with E-state index in [1.807, 2.05) is 11.3 Å². The molecule has 1 aromatic rings. The van der Waals surface area contributed by atoms with Crippen molar-refractivity contribution in [2.75, 3.05) is 0 Å². The normalized spacial score (nSPS) is 45.1. The predicted octanol–water partition coefficient (Wildman–Crippen LogP) is 5.40. The SMILES string of the molecule is BrC(c1cccs1)C12CC3CC(CC(C3)C1)C2. The number of alkyl halides is 1. The van der Waals surface area contributed by atoms with Crippen LogP contribution in [-0.4, -0.2) is 0 Å². The molecule has 1 heterocycles. The molecule has 5 rings (SSSR count). The van der Waals surface area contributed by atoms with Crippen LogP contribution in [0.5, 0.6) is 0 Å². The molecule has 2 heteroatoms. The van der Waals surface area contributed by atoms with Crippen LogP contribution in [0.1, 0.15) is 48.2 Å². The highest BCUT2D eigenvalue weighted by molar-refractivity contribution is 9.09. The largest absolute Gasteiger partial charge is 0.148 e. The molecule has 4 aliphatic rings. The van der Waals surface area contributed by atoms with Crippen LogP contribution < -0.4 is 0 Å². The topological polar surface area (TPSA) is 0 Å². The van der Waals surface area contributed by atoms with Gasteiger partial charge in [-0.15, -0.1) is 11.3 Å². The van der Waals surface area contributed by atoms with E-state index in [2.05, 4.69) is 33.4 Å². The van der Waals surface area contributed by atoms with Crippen molar-refractivity contribution in [2.24, 2.45) is 23.2 Å². The molecule has 4 bridgehead atoms. The number of hydrogen-bond acceptors (Lipinski definition) is 1. The zero-order valence-corrected chi connectivity index (χ0v) is 12.5. The monoisotopic (exact) mass is 310 g/mol. The van der Waals surface area contributed by atoms with Crippen LogP contribution in [0.3, 0.4) is 0 Å². The number of halogens is 1. The first-order valence-corrected chi connectivity index (χ1v) is 8.72. The molecular weight excluding hydrogens is 292 g/mol. The molecule has 1 atom stereocenters. The molecule has 0 aliphatic heterocycles. The van der Waals surface area contributed by atoms with Gasteiger partial charge in [0.1, 0.15) is 0 Å². The highest BCUT2D eigenvalue weighted by Crippen LogP contribution is 2.66. The van der Waals surface area contributed by atoms with Crippen LogP contribution in [-0.2, 0) is 0 Å². The number of hydrogen-bond donors (Lipinski definition) is 0. The van der Waals surface area contributed by atoms with Gasteiger partial charge in [-0.3, -0.25) is 0 Å². The molecular formula is C15H19BrS. The van der Waals surface area contributed by atoms with Gasteiger partial charge < -0.3 is 0 Å². The Labute approximate surface area is 116 Å². The molecule has 17 heavy (non-hydrogen) atoms. The minimum Gasteiger partial charge on any atom is -0.148 e. The Morgan fingerprint density at radius 2 is 1.71 bits per heavy atom. The third-order valence-electron chi connectivity index (χ3n) is 5.42. The average Bonchev–Trinajstić information content (AvgIpc) is 2.79. The van der Waals surface area contributed by atoms with Crippen molar-refractivity contribution in [3.05, 3.63) is 22.4 Å². The molecule has 4 fully saturated rings. The lowest BCUT2D eigenvalue weighted by molar-refractivity contribution is -0.0524. The lowest BCUT2D eigenvalue weighted by Crippen LogP contribution is -2.47. The zero-order valence-electron chi connectivity index (χ0n) is 10.1. The van der Waals surface area contributed by atoms with Gasteiger partial charge in [-0.2, -0.15) is 0 Å². The van der Waals surface area contributed by atoms with Crippen molar-refractivity contribution in [3.63, 3.8) is 0 Å². The summed E-state index contributed by atoms with van der Waals surface area (Å²) < 4.78 is 0. The molecule has 0 N–H and O–H groups in total. The summed E-state index contributed by atoms with van der Waals surface area (Å²) in [7, 11) is 0. The van der Waals surface area contributed by atoms with Crippen molar-refractivity contribution in [3.8, 4) is 0 Å². The Hall–Kier alpha value is 0.180. The fourth-order valence-corrected chi connectivity index (χ4v) is 7.10. The first-order chi connectivity index (χ1) is 8.25. The fourth-order valence-electron chi connectivity index (χ4n) is 5.23. The molecule has 0 radical (unpaired) electrons. The smallest absolute Gasteiger partial charge is 0.0545 e. The second-order valence-electron chi connectivity index (χ2n) is 6.66. The molecule has 0 nitrogen and oxygen atoms in total. The summed E-state index contributed by atoms with van der Waals surface area (Å²) in [6.45, 7) is 0. The van der Waals surface area contributed by atoms with E-state index in [4.69, 9.17) is 0 Å². The molecule has 4 saturated carbocycles. The van der Waals surface area contributed by atoms with Gasteiger partial charge >= 0.3 is 0 Å². The highest BCUT2D eigenvalue weighted by atomic mass is 79.9. The van der Waals surface area contributed by atoms with Crippen LogP contribution in [0, 0.1) is 23.2 Å². The van der Waals surface area contributed by atoms with Gasteiger partial charge in [0.05, 0.1) is 4.83 Å². The summed E-state index contributed by atoms with van der Waals surface area (Å²) in [5, 5.41) is 2.23. The molecule has 0 aromatic carbocycles. The molecule has 1 aromatic heterocycles. The number of thiophene rings is 1. The predicted molar refractivity (Wildman–Crippen MR) is 76.6 cm³/mol. The van der Waals surface area contributed by atoms with Gasteiger partial charge in [0.15, 0.2) is 0 Å². The van der Waals surface area contributed by atoms with Crippen molar-refractivity contribution < 1.29 is 0 Å². The van der Waals surface area contributed by atoms with Gasteiger partial charge in [0.2, 0.25) is 0 Å². The number of rotatable bonds is 2. The summed E-state index contributed by atoms with van der Waals surface area (Å²) in [6, 6.07) is 4.53. The summed E-state index contributed by atoms with van der Waals surface area (Å²) in [5.74, 6) is 3.17. The van der Waals surface area contributed by atoms with Crippen molar-refractivity contribution >= 4 is 27.3 Å². The Morgan fingerprint density at radius 1 is 1.12 bits per heavy atom.